The molecule has 0 saturated heterocycles. The first-order valence-electron chi connectivity index (χ1n) is 6.42. The molecular formula is C15H14ClN3OS. The number of anilines is 1. The van der Waals surface area contributed by atoms with Gasteiger partial charge in [-0.05, 0) is 48.5 Å². The van der Waals surface area contributed by atoms with Crippen LogP contribution in [0.1, 0.15) is 22.8 Å². The molecule has 0 aliphatic heterocycles. The fourth-order valence-electron chi connectivity index (χ4n) is 1.70. The Kier molecular flexibility index (Phi) is 5.25. The summed E-state index contributed by atoms with van der Waals surface area (Å²) in [5.74, 6) is -0.268. The second-order valence-electron chi connectivity index (χ2n) is 4.30. The quantitative estimate of drug-likeness (QED) is 0.672. The van der Waals surface area contributed by atoms with Crippen molar-refractivity contribution in [2.24, 2.45) is 0 Å². The summed E-state index contributed by atoms with van der Waals surface area (Å²) in [7, 11) is 0. The van der Waals surface area contributed by atoms with Crippen LogP contribution < -0.4 is 10.6 Å². The number of benzene rings is 1. The molecule has 108 valence electrons. The molecule has 1 heterocycles. The summed E-state index contributed by atoms with van der Waals surface area (Å²) in [5.41, 5.74) is 2.27. The second kappa shape index (κ2) is 7.15. The van der Waals surface area contributed by atoms with Gasteiger partial charge in [0.2, 0.25) is 0 Å². The van der Waals surface area contributed by atoms with Crippen LogP contribution in [0.25, 0.3) is 0 Å². The number of carbonyl (C=O) groups excluding carboxylic acids is 1. The number of thiocarbonyl (C=S) groups is 1. The van der Waals surface area contributed by atoms with Crippen LogP contribution in [-0.2, 0) is 6.42 Å². The Bertz CT molecular complexity index is 658. The fraction of sp³-hybridized carbons (Fsp3) is 0.133. The molecule has 1 amide bonds. The molecule has 1 aromatic carbocycles. The molecule has 0 fully saturated rings. The molecule has 2 N–H and O–H groups in total. The molecular weight excluding hydrogens is 306 g/mol. The van der Waals surface area contributed by atoms with Crippen molar-refractivity contribution in [3.63, 3.8) is 0 Å². The molecule has 0 aliphatic carbocycles. The standard InChI is InChI=1S/C15H14ClN3OS/c1-2-10-5-7-11(8-6-10)14(20)19-15(21)18-12-4-3-9-17-13(12)16/h3-9H,2H2,1H3,(H2,18,19,20,21). The van der Waals surface area contributed by atoms with Gasteiger partial charge in [-0.1, -0.05) is 30.7 Å². The van der Waals surface area contributed by atoms with E-state index in [9.17, 15) is 4.79 Å². The zero-order chi connectivity index (χ0) is 15.2. The van der Waals surface area contributed by atoms with E-state index in [0.717, 1.165) is 6.42 Å². The zero-order valence-electron chi connectivity index (χ0n) is 11.4. The molecule has 0 atom stereocenters. The van der Waals surface area contributed by atoms with Crippen LogP contribution in [0.3, 0.4) is 0 Å². The number of hydrogen-bond donors (Lipinski definition) is 2. The lowest BCUT2D eigenvalue weighted by molar-refractivity contribution is 0.0977. The Labute approximate surface area is 133 Å². The van der Waals surface area contributed by atoms with Gasteiger partial charge in [-0.2, -0.15) is 0 Å². The van der Waals surface area contributed by atoms with E-state index in [1.54, 1.807) is 30.5 Å². The number of halogens is 1. The van der Waals surface area contributed by atoms with Gasteiger partial charge < -0.3 is 5.32 Å². The van der Waals surface area contributed by atoms with Crippen LogP contribution in [0.4, 0.5) is 5.69 Å². The van der Waals surface area contributed by atoms with Gasteiger partial charge in [0.15, 0.2) is 10.3 Å². The molecule has 0 bridgehead atoms. The Morgan fingerprint density at radius 2 is 2.00 bits per heavy atom. The average molecular weight is 320 g/mol. The number of hydrogen-bond acceptors (Lipinski definition) is 3. The number of nitrogens with one attached hydrogen (secondary N) is 2. The predicted octanol–water partition coefficient (Wildman–Crippen LogP) is 3.42. The predicted molar refractivity (Wildman–Crippen MR) is 88.8 cm³/mol. The fourth-order valence-corrected chi connectivity index (χ4v) is 2.07. The molecule has 0 radical (unpaired) electrons. The largest absolute Gasteiger partial charge is 0.330 e. The molecule has 2 aromatic rings. The molecule has 0 aliphatic rings. The van der Waals surface area contributed by atoms with E-state index in [0.29, 0.717) is 16.4 Å². The monoisotopic (exact) mass is 319 g/mol. The van der Waals surface area contributed by atoms with Gasteiger partial charge in [0.1, 0.15) is 0 Å². The molecule has 2 rings (SSSR count). The smallest absolute Gasteiger partial charge is 0.257 e. The van der Waals surface area contributed by atoms with Crippen LogP contribution in [0.15, 0.2) is 42.6 Å². The Hall–Kier alpha value is -1.98. The van der Waals surface area contributed by atoms with Gasteiger partial charge >= 0.3 is 0 Å². The van der Waals surface area contributed by atoms with E-state index in [2.05, 4.69) is 22.5 Å². The molecule has 4 nitrogen and oxygen atoms in total. The Morgan fingerprint density at radius 1 is 1.29 bits per heavy atom. The lowest BCUT2D eigenvalue weighted by atomic mass is 10.1. The molecule has 1 aromatic heterocycles. The number of rotatable bonds is 3. The summed E-state index contributed by atoms with van der Waals surface area (Å²) in [5, 5.41) is 5.91. The summed E-state index contributed by atoms with van der Waals surface area (Å²) in [6.07, 6.45) is 2.51. The third-order valence-electron chi connectivity index (χ3n) is 2.86. The highest BCUT2D eigenvalue weighted by molar-refractivity contribution is 7.80. The highest BCUT2D eigenvalue weighted by atomic mass is 35.5. The first-order valence-corrected chi connectivity index (χ1v) is 7.20. The van der Waals surface area contributed by atoms with Crippen LogP contribution in [0, 0.1) is 0 Å². The van der Waals surface area contributed by atoms with Crippen LogP contribution in [0.5, 0.6) is 0 Å². The van der Waals surface area contributed by atoms with Gasteiger partial charge in [-0.3, -0.25) is 10.1 Å². The minimum atomic E-state index is -0.268. The maximum Gasteiger partial charge on any atom is 0.257 e. The maximum atomic E-state index is 12.0. The number of carbonyl (C=O) groups is 1. The number of amides is 1. The third kappa shape index (κ3) is 4.24. The summed E-state index contributed by atoms with van der Waals surface area (Å²) in [6.45, 7) is 2.06. The normalized spacial score (nSPS) is 10.0. The van der Waals surface area contributed by atoms with E-state index in [-0.39, 0.29) is 11.0 Å². The van der Waals surface area contributed by atoms with Crippen molar-refractivity contribution in [2.75, 3.05) is 5.32 Å². The molecule has 21 heavy (non-hydrogen) atoms. The van der Waals surface area contributed by atoms with Crippen LogP contribution >= 0.6 is 23.8 Å². The minimum absolute atomic E-state index is 0.175. The summed E-state index contributed by atoms with van der Waals surface area (Å²) in [6, 6.07) is 10.8. The zero-order valence-corrected chi connectivity index (χ0v) is 13.0. The number of nitrogens with zero attached hydrogens (tertiary/aromatic N) is 1. The second-order valence-corrected chi connectivity index (χ2v) is 5.07. The summed E-state index contributed by atoms with van der Waals surface area (Å²) >= 11 is 11.0. The average Bonchev–Trinajstić information content (AvgIpc) is 2.49. The van der Waals surface area contributed by atoms with Crippen molar-refractivity contribution < 1.29 is 4.79 Å². The van der Waals surface area contributed by atoms with Crippen molar-refractivity contribution in [1.82, 2.24) is 10.3 Å². The van der Waals surface area contributed by atoms with Crippen molar-refractivity contribution in [1.29, 1.82) is 0 Å². The van der Waals surface area contributed by atoms with Gasteiger partial charge in [-0.25, -0.2) is 4.98 Å². The third-order valence-corrected chi connectivity index (χ3v) is 3.36. The van der Waals surface area contributed by atoms with E-state index in [1.807, 2.05) is 12.1 Å². The highest BCUT2D eigenvalue weighted by Crippen LogP contribution is 2.17. The molecule has 0 unspecified atom stereocenters. The number of aryl methyl sites for hydroxylation is 1. The number of aromatic nitrogens is 1. The highest BCUT2D eigenvalue weighted by Gasteiger charge is 2.09. The molecule has 0 spiro atoms. The van der Waals surface area contributed by atoms with Gasteiger partial charge in [0, 0.05) is 11.8 Å². The van der Waals surface area contributed by atoms with Gasteiger partial charge in [-0.15, -0.1) is 0 Å². The van der Waals surface area contributed by atoms with E-state index in [4.69, 9.17) is 23.8 Å². The van der Waals surface area contributed by atoms with Gasteiger partial charge in [0.25, 0.3) is 5.91 Å². The number of pyridine rings is 1. The van der Waals surface area contributed by atoms with Crippen LogP contribution in [-0.4, -0.2) is 16.0 Å². The lowest BCUT2D eigenvalue weighted by Crippen LogP contribution is -2.34. The van der Waals surface area contributed by atoms with Crippen molar-refractivity contribution in [2.45, 2.75) is 13.3 Å². The van der Waals surface area contributed by atoms with Crippen molar-refractivity contribution in [3.05, 3.63) is 58.9 Å². The van der Waals surface area contributed by atoms with Crippen molar-refractivity contribution in [3.8, 4) is 0 Å². The van der Waals surface area contributed by atoms with E-state index >= 15 is 0 Å². The minimum Gasteiger partial charge on any atom is -0.330 e. The first kappa shape index (κ1) is 15.4. The summed E-state index contributed by atoms with van der Waals surface area (Å²) in [4.78, 5) is 16.0. The van der Waals surface area contributed by atoms with Gasteiger partial charge in [0.05, 0.1) is 5.69 Å². The van der Waals surface area contributed by atoms with E-state index in [1.165, 1.54) is 5.56 Å². The topological polar surface area (TPSA) is 54.0 Å². The van der Waals surface area contributed by atoms with E-state index < -0.39 is 0 Å². The molecule has 0 saturated carbocycles. The van der Waals surface area contributed by atoms with Crippen LogP contribution in [0.2, 0.25) is 5.15 Å². The van der Waals surface area contributed by atoms with Crippen molar-refractivity contribution >= 4 is 40.5 Å². The summed E-state index contributed by atoms with van der Waals surface area (Å²) < 4.78 is 0. The lowest BCUT2D eigenvalue weighted by Gasteiger charge is -2.10. The maximum absolute atomic E-state index is 12.0. The SMILES string of the molecule is CCc1ccc(C(=O)NC(=S)Nc2cccnc2Cl)cc1. The Morgan fingerprint density at radius 3 is 2.62 bits per heavy atom. The molecule has 6 heteroatoms. The Balaban J connectivity index is 1.98. The first-order chi connectivity index (χ1) is 10.1.